The minimum absolute atomic E-state index is 0.502. The average Bonchev–Trinajstić information content (AvgIpc) is 3.04. The van der Waals surface area contributed by atoms with Crippen LogP contribution in [-0.2, 0) is 6.54 Å². The van der Waals surface area contributed by atoms with E-state index in [9.17, 15) is 0 Å². The zero-order valence-corrected chi connectivity index (χ0v) is 14.6. The van der Waals surface area contributed by atoms with Crippen LogP contribution in [-0.4, -0.2) is 11.2 Å². The Kier molecular flexibility index (Phi) is 5.20. The first-order valence-electron chi connectivity index (χ1n) is 6.86. The van der Waals surface area contributed by atoms with E-state index in [2.05, 4.69) is 53.7 Å². The van der Waals surface area contributed by atoms with E-state index < -0.39 is 0 Å². The van der Waals surface area contributed by atoms with Crippen LogP contribution in [0.25, 0.3) is 11.1 Å². The number of nitrogens with zero attached hydrogens (tertiary/aromatic N) is 1. The van der Waals surface area contributed by atoms with Gasteiger partial charge in [0.2, 0.25) is 0 Å². The molecule has 3 rings (SSSR count). The number of rotatable bonds is 5. The first kappa shape index (κ1) is 15.6. The van der Waals surface area contributed by atoms with Crippen LogP contribution in [0.2, 0.25) is 0 Å². The Balaban J connectivity index is 1.99. The Morgan fingerprint density at radius 3 is 2.64 bits per heavy atom. The summed E-state index contributed by atoms with van der Waals surface area (Å²) in [7, 11) is 0. The Labute approximate surface area is 143 Å². The molecule has 0 aliphatic heterocycles. The summed E-state index contributed by atoms with van der Waals surface area (Å²) in [6, 6.07) is 17.1. The third-order valence-corrected chi connectivity index (χ3v) is 6.11. The minimum atomic E-state index is 0.502. The molecule has 0 amide bonds. The average molecular weight is 345 g/mol. The van der Waals surface area contributed by atoms with Crippen LogP contribution >= 0.6 is 34.9 Å². The number of hydrogen-bond acceptors (Lipinski definition) is 5. The highest BCUT2D eigenvalue weighted by Gasteiger charge is 2.10. The largest absolute Gasteiger partial charge is 0.325 e. The lowest BCUT2D eigenvalue weighted by Crippen LogP contribution is -1.93. The van der Waals surface area contributed by atoms with Crippen molar-refractivity contribution in [3.63, 3.8) is 0 Å². The monoisotopic (exact) mass is 344 g/mol. The number of benzene rings is 2. The van der Waals surface area contributed by atoms with Crippen LogP contribution in [0.15, 0.2) is 68.7 Å². The molecule has 1 aromatic heterocycles. The van der Waals surface area contributed by atoms with Gasteiger partial charge in [-0.15, -0.1) is 23.1 Å². The van der Waals surface area contributed by atoms with Gasteiger partial charge in [-0.1, -0.05) is 42.1 Å². The molecule has 2 N–H and O–H groups in total. The molecular weight excluding hydrogens is 328 g/mol. The first-order valence-corrected chi connectivity index (χ1v) is 9.72. The molecule has 2 aromatic carbocycles. The van der Waals surface area contributed by atoms with Crippen LogP contribution < -0.4 is 5.73 Å². The SMILES string of the molecule is CSc1ccc(Sc2cnc(CN)s2)c(-c2ccccc2)c1. The molecule has 0 aliphatic rings. The zero-order valence-electron chi connectivity index (χ0n) is 12.2. The maximum atomic E-state index is 5.65. The predicted octanol–water partition coefficient (Wildman–Crippen LogP) is 5.14. The Bertz CT molecular complexity index is 754. The van der Waals surface area contributed by atoms with E-state index in [1.165, 1.54) is 25.1 Å². The molecule has 112 valence electrons. The Morgan fingerprint density at radius 1 is 1.14 bits per heavy atom. The summed E-state index contributed by atoms with van der Waals surface area (Å²) in [5.74, 6) is 0. The fraction of sp³-hybridized carbons (Fsp3) is 0.118. The second-order valence-electron chi connectivity index (χ2n) is 4.61. The molecule has 0 saturated carbocycles. The molecule has 0 spiro atoms. The summed E-state index contributed by atoms with van der Waals surface area (Å²) >= 11 is 5.18. The normalized spacial score (nSPS) is 10.8. The van der Waals surface area contributed by atoms with Gasteiger partial charge in [-0.2, -0.15) is 0 Å². The van der Waals surface area contributed by atoms with Crippen LogP contribution in [0, 0.1) is 0 Å². The van der Waals surface area contributed by atoms with Crippen LogP contribution in [0.5, 0.6) is 0 Å². The first-order chi connectivity index (χ1) is 10.8. The van der Waals surface area contributed by atoms with Gasteiger partial charge in [-0.05, 0) is 35.6 Å². The standard InChI is InChI=1S/C17H16N2S3/c1-20-13-7-8-15(21-17-11-19-16(10-18)22-17)14(9-13)12-5-3-2-4-6-12/h2-9,11H,10,18H2,1H3. The van der Waals surface area contributed by atoms with E-state index in [4.69, 9.17) is 5.73 Å². The minimum Gasteiger partial charge on any atom is -0.325 e. The number of thiazole rings is 1. The van der Waals surface area contributed by atoms with Crippen molar-refractivity contribution in [3.05, 3.63) is 59.7 Å². The quantitative estimate of drug-likeness (QED) is 0.650. The molecule has 5 heteroatoms. The van der Waals surface area contributed by atoms with Gasteiger partial charge in [0.05, 0.1) is 10.4 Å². The van der Waals surface area contributed by atoms with Crippen molar-refractivity contribution >= 4 is 34.9 Å². The van der Waals surface area contributed by atoms with Gasteiger partial charge in [0.25, 0.3) is 0 Å². The zero-order chi connectivity index (χ0) is 15.4. The van der Waals surface area contributed by atoms with Gasteiger partial charge >= 0.3 is 0 Å². The Morgan fingerprint density at radius 2 is 1.95 bits per heavy atom. The number of thioether (sulfide) groups is 1. The predicted molar refractivity (Wildman–Crippen MR) is 97.8 cm³/mol. The summed E-state index contributed by atoms with van der Waals surface area (Å²) in [5.41, 5.74) is 8.16. The lowest BCUT2D eigenvalue weighted by Gasteiger charge is -2.10. The maximum Gasteiger partial charge on any atom is 0.107 e. The van der Waals surface area contributed by atoms with Crippen molar-refractivity contribution in [1.29, 1.82) is 0 Å². The number of hydrogen-bond donors (Lipinski definition) is 1. The van der Waals surface area contributed by atoms with Gasteiger partial charge in [0.1, 0.15) is 5.01 Å². The lowest BCUT2D eigenvalue weighted by atomic mass is 10.1. The van der Waals surface area contributed by atoms with Crippen molar-refractivity contribution < 1.29 is 0 Å². The van der Waals surface area contributed by atoms with Crippen molar-refractivity contribution in [2.45, 2.75) is 20.5 Å². The summed E-state index contributed by atoms with van der Waals surface area (Å²) in [6.45, 7) is 0.502. The van der Waals surface area contributed by atoms with Gasteiger partial charge < -0.3 is 5.73 Å². The molecule has 0 atom stereocenters. The van der Waals surface area contributed by atoms with Crippen molar-refractivity contribution in [2.75, 3.05) is 6.26 Å². The molecule has 0 unspecified atom stereocenters. The van der Waals surface area contributed by atoms with Crippen molar-refractivity contribution in [2.24, 2.45) is 5.73 Å². The molecule has 0 saturated heterocycles. The van der Waals surface area contributed by atoms with Crippen LogP contribution in [0.1, 0.15) is 5.01 Å². The van der Waals surface area contributed by atoms with Gasteiger partial charge in [-0.25, -0.2) is 4.98 Å². The second-order valence-corrected chi connectivity index (χ2v) is 7.94. The van der Waals surface area contributed by atoms with E-state index in [-0.39, 0.29) is 0 Å². The van der Waals surface area contributed by atoms with Gasteiger partial charge in [-0.3, -0.25) is 0 Å². The van der Waals surface area contributed by atoms with Gasteiger partial charge in [0.15, 0.2) is 0 Å². The summed E-state index contributed by atoms with van der Waals surface area (Å²) < 4.78 is 1.18. The highest BCUT2D eigenvalue weighted by molar-refractivity contribution is 8.01. The Hall–Kier alpha value is -1.27. The van der Waals surface area contributed by atoms with E-state index in [0.29, 0.717) is 6.54 Å². The number of aromatic nitrogens is 1. The van der Waals surface area contributed by atoms with Gasteiger partial charge in [0, 0.05) is 16.3 Å². The molecule has 0 aliphatic carbocycles. The maximum absolute atomic E-state index is 5.65. The third-order valence-electron chi connectivity index (χ3n) is 3.19. The summed E-state index contributed by atoms with van der Waals surface area (Å²) in [4.78, 5) is 6.86. The molecule has 22 heavy (non-hydrogen) atoms. The second kappa shape index (κ2) is 7.33. The molecule has 3 aromatic rings. The highest BCUT2D eigenvalue weighted by Crippen LogP contribution is 2.39. The third kappa shape index (κ3) is 3.55. The van der Waals surface area contributed by atoms with Crippen molar-refractivity contribution in [3.8, 4) is 11.1 Å². The topological polar surface area (TPSA) is 38.9 Å². The molecular formula is C17H16N2S3. The fourth-order valence-corrected chi connectivity index (χ4v) is 4.55. The van der Waals surface area contributed by atoms with Crippen LogP contribution in [0.3, 0.4) is 0 Å². The molecule has 0 radical (unpaired) electrons. The van der Waals surface area contributed by atoms with Crippen molar-refractivity contribution in [1.82, 2.24) is 4.98 Å². The lowest BCUT2D eigenvalue weighted by molar-refractivity contribution is 1.04. The van der Waals surface area contributed by atoms with E-state index in [0.717, 1.165) is 5.01 Å². The van der Waals surface area contributed by atoms with E-state index >= 15 is 0 Å². The molecule has 0 bridgehead atoms. The van der Waals surface area contributed by atoms with Crippen LogP contribution in [0.4, 0.5) is 0 Å². The summed E-state index contributed by atoms with van der Waals surface area (Å²) in [5, 5.41) is 0.976. The number of nitrogens with two attached hydrogens (primary N) is 1. The smallest absolute Gasteiger partial charge is 0.107 e. The molecule has 0 fully saturated rings. The summed E-state index contributed by atoms with van der Waals surface area (Å²) in [6.07, 6.45) is 4.02. The van der Waals surface area contributed by atoms with E-state index in [1.807, 2.05) is 12.3 Å². The molecule has 2 nitrogen and oxygen atoms in total. The highest BCUT2D eigenvalue weighted by atomic mass is 32.2. The van der Waals surface area contributed by atoms with E-state index in [1.54, 1.807) is 34.9 Å². The molecule has 1 heterocycles. The fourth-order valence-electron chi connectivity index (χ4n) is 2.11.